The number of nitrogens with zero attached hydrogens (tertiary/aromatic N) is 3. The summed E-state index contributed by atoms with van der Waals surface area (Å²) in [4.78, 5) is 15.5. The molecule has 2 rings (SSSR count). The first-order valence-corrected chi connectivity index (χ1v) is 7.87. The van der Waals surface area contributed by atoms with E-state index in [1.54, 1.807) is 19.2 Å². The largest absolute Gasteiger partial charge is 0.373 e. The van der Waals surface area contributed by atoms with Crippen molar-refractivity contribution in [3.05, 3.63) is 29.6 Å². The minimum absolute atomic E-state index is 0.0407. The Bertz CT molecular complexity index is 591. The van der Waals surface area contributed by atoms with Crippen LogP contribution in [-0.2, 0) is 4.79 Å². The number of carbonyl (C=O) groups excluding carboxylic acids is 1. The van der Waals surface area contributed by atoms with E-state index in [1.807, 2.05) is 18.0 Å². The summed E-state index contributed by atoms with van der Waals surface area (Å²) >= 11 is 0. The maximum Gasteiger partial charge on any atom is 0.233 e. The lowest BCUT2D eigenvalue weighted by Gasteiger charge is -2.34. The number of benzene rings is 1. The van der Waals surface area contributed by atoms with Gasteiger partial charge in [0.2, 0.25) is 5.91 Å². The molecule has 5 nitrogen and oxygen atoms in total. The summed E-state index contributed by atoms with van der Waals surface area (Å²) in [5.74, 6) is 0.0481. The molecular weight excluding hydrogens is 295 g/mol. The smallest absolute Gasteiger partial charge is 0.233 e. The van der Waals surface area contributed by atoms with Crippen LogP contribution in [-0.4, -0.2) is 51.1 Å². The van der Waals surface area contributed by atoms with Gasteiger partial charge >= 0.3 is 0 Å². The number of nitrogens with one attached hydrogen (secondary N) is 1. The van der Waals surface area contributed by atoms with E-state index >= 15 is 0 Å². The van der Waals surface area contributed by atoms with E-state index in [2.05, 4.69) is 10.2 Å². The third-order valence-corrected chi connectivity index (χ3v) is 4.40. The quantitative estimate of drug-likeness (QED) is 0.896. The zero-order chi connectivity index (χ0) is 16.8. The molecule has 1 heterocycles. The number of carbonyl (C=O) groups is 1. The molecule has 0 atom stereocenters. The van der Waals surface area contributed by atoms with Crippen molar-refractivity contribution in [2.75, 3.05) is 45.2 Å². The number of rotatable bonds is 5. The highest BCUT2D eigenvalue weighted by molar-refractivity contribution is 5.77. The molecule has 0 bridgehead atoms. The van der Waals surface area contributed by atoms with Crippen LogP contribution in [0.1, 0.15) is 18.4 Å². The number of hydrogen-bond donors (Lipinski definition) is 1. The Balaban J connectivity index is 1.91. The normalized spacial score (nSPS) is 15.9. The number of hydrogen-bond acceptors (Lipinski definition) is 4. The number of piperidine rings is 1. The molecule has 0 saturated carbocycles. The number of likely N-dealkylation sites (tertiary alicyclic amines) is 1. The van der Waals surface area contributed by atoms with Crippen LogP contribution in [0.2, 0.25) is 0 Å². The number of nitriles is 1. The monoisotopic (exact) mass is 318 g/mol. The fourth-order valence-electron chi connectivity index (χ4n) is 3.04. The Hall–Kier alpha value is -2.13. The lowest BCUT2D eigenvalue weighted by molar-refractivity contribution is -0.122. The first kappa shape index (κ1) is 17.2. The van der Waals surface area contributed by atoms with Crippen molar-refractivity contribution in [1.82, 2.24) is 10.2 Å². The van der Waals surface area contributed by atoms with E-state index in [0.29, 0.717) is 18.2 Å². The van der Waals surface area contributed by atoms with Crippen molar-refractivity contribution in [3.8, 4) is 6.07 Å². The predicted octanol–water partition coefficient (Wildman–Crippen LogP) is 1.59. The van der Waals surface area contributed by atoms with E-state index in [-0.39, 0.29) is 11.5 Å². The average molecular weight is 318 g/mol. The van der Waals surface area contributed by atoms with Gasteiger partial charge in [-0.3, -0.25) is 9.69 Å². The summed E-state index contributed by atoms with van der Waals surface area (Å²) in [6.07, 6.45) is 2.00. The highest BCUT2D eigenvalue weighted by Crippen LogP contribution is 2.25. The number of halogens is 1. The third kappa shape index (κ3) is 4.42. The molecule has 124 valence electrons. The Morgan fingerprint density at radius 1 is 1.48 bits per heavy atom. The predicted molar refractivity (Wildman–Crippen MR) is 87.6 cm³/mol. The third-order valence-electron chi connectivity index (χ3n) is 4.40. The molecule has 0 radical (unpaired) electrons. The van der Waals surface area contributed by atoms with Crippen LogP contribution in [0.25, 0.3) is 0 Å². The van der Waals surface area contributed by atoms with Crippen molar-refractivity contribution in [2.45, 2.75) is 12.8 Å². The van der Waals surface area contributed by atoms with Gasteiger partial charge in [-0.05, 0) is 44.0 Å². The fourth-order valence-corrected chi connectivity index (χ4v) is 3.04. The van der Waals surface area contributed by atoms with Crippen LogP contribution in [0.15, 0.2) is 18.2 Å². The van der Waals surface area contributed by atoms with Crippen molar-refractivity contribution >= 4 is 11.6 Å². The standard InChI is InChI=1S/C17H23FN4O/c1-20-17(23)12-22-8-6-13(7-9-22)11-21(2)16-5-3-4-15(18)14(16)10-19/h3-5,13H,6-9,11-12H2,1-2H3,(H,20,23). The summed E-state index contributed by atoms with van der Waals surface area (Å²) in [5, 5.41) is 11.8. The number of likely N-dealkylation sites (N-methyl/N-ethyl adjacent to an activating group) is 1. The van der Waals surface area contributed by atoms with Crippen molar-refractivity contribution in [2.24, 2.45) is 5.92 Å². The highest BCUT2D eigenvalue weighted by Gasteiger charge is 2.22. The molecular formula is C17H23FN4O. The zero-order valence-corrected chi connectivity index (χ0v) is 13.7. The number of anilines is 1. The Morgan fingerprint density at radius 2 is 2.17 bits per heavy atom. The van der Waals surface area contributed by atoms with Crippen molar-refractivity contribution in [1.29, 1.82) is 5.26 Å². The second-order valence-corrected chi connectivity index (χ2v) is 6.02. The van der Waals surface area contributed by atoms with Gasteiger partial charge in [0.25, 0.3) is 0 Å². The Morgan fingerprint density at radius 3 is 2.78 bits per heavy atom. The zero-order valence-electron chi connectivity index (χ0n) is 13.7. The molecule has 1 saturated heterocycles. The second-order valence-electron chi connectivity index (χ2n) is 6.02. The van der Waals surface area contributed by atoms with Crippen LogP contribution in [0, 0.1) is 23.1 Å². The van der Waals surface area contributed by atoms with Crippen LogP contribution in [0.5, 0.6) is 0 Å². The summed E-state index contributed by atoms with van der Waals surface area (Å²) in [7, 11) is 3.54. The molecule has 6 heteroatoms. The molecule has 23 heavy (non-hydrogen) atoms. The molecule has 1 fully saturated rings. The van der Waals surface area contributed by atoms with E-state index in [9.17, 15) is 9.18 Å². The van der Waals surface area contributed by atoms with Gasteiger partial charge < -0.3 is 10.2 Å². The molecule has 1 amide bonds. The summed E-state index contributed by atoms with van der Waals surface area (Å²) in [6, 6.07) is 6.67. The lowest BCUT2D eigenvalue weighted by Crippen LogP contribution is -2.42. The minimum atomic E-state index is -0.475. The molecule has 1 aliphatic heterocycles. The summed E-state index contributed by atoms with van der Waals surface area (Å²) < 4.78 is 13.7. The van der Waals surface area contributed by atoms with Gasteiger partial charge in [-0.2, -0.15) is 5.26 Å². The maximum atomic E-state index is 13.7. The summed E-state index contributed by atoms with van der Waals surface area (Å²) in [6.45, 7) is 3.01. The molecule has 1 aliphatic rings. The van der Waals surface area contributed by atoms with Gasteiger partial charge in [0, 0.05) is 20.6 Å². The van der Waals surface area contributed by atoms with E-state index < -0.39 is 5.82 Å². The molecule has 0 aliphatic carbocycles. The molecule has 1 aromatic carbocycles. The van der Waals surface area contributed by atoms with E-state index in [0.717, 1.165) is 32.5 Å². The van der Waals surface area contributed by atoms with E-state index in [1.165, 1.54) is 6.07 Å². The second kappa shape index (κ2) is 7.93. The van der Waals surface area contributed by atoms with Crippen LogP contribution >= 0.6 is 0 Å². The van der Waals surface area contributed by atoms with Crippen LogP contribution < -0.4 is 10.2 Å². The topological polar surface area (TPSA) is 59.4 Å². The Kier molecular flexibility index (Phi) is 5.94. The van der Waals surface area contributed by atoms with Gasteiger partial charge in [-0.25, -0.2) is 4.39 Å². The molecule has 0 spiro atoms. The van der Waals surface area contributed by atoms with Crippen LogP contribution in [0.3, 0.4) is 0 Å². The molecule has 0 unspecified atom stereocenters. The van der Waals surface area contributed by atoms with Gasteiger partial charge in [0.05, 0.1) is 12.2 Å². The average Bonchev–Trinajstić information content (AvgIpc) is 2.56. The highest BCUT2D eigenvalue weighted by atomic mass is 19.1. The fraction of sp³-hybridized carbons (Fsp3) is 0.529. The van der Waals surface area contributed by atoms with Gasteiger partial charge in [0.15, 0.2) is 0 Å². The maximum absolute atomic E-state index is 13.7. The van der Waals surface area contributed by atoms with Crippen molar-refractivity contribution < 1.29 is 9.18 Å². The minimum Gasteiger partial charge on any atom is -0.373 e. The molecule has 0 aromatic heterocycles. The lowest BCUT2D eigenvalue weighted by atomic mass is 9.96. The SMILES string of the molecule is CNC(=O)CN1CCC(CN(C)c2cccc(F)c2C#N)CC1. The van der Waals surface area contributed by atoms with Gasteiger partial charge in [-0.1, -0.05) is 6.07 Å². The first-order valence-electron chi connectivity index (χ1n) is 7.87. The molecule has 1 aromatic rings. The van der Waals surface area contributed by atoms with Gasteiger partial charge in [-0.15, -0.1) is 0 Å². The van der Waals surface area contributed by atoms with Crippen molar-refractivity contribution in [3.63, 3.8) is 0 Å². The summed E-state index contributed by atoms with van der Waals surface area (Å²) in [5.41, 5.74) is 0.743. The van der Waals surface area contributed by atoms with E-state index in [4.69, 9.17) is 5.26 Å². The van der Waals surface area contributed by atoms with Crippen LogP contribution in [0.4, 0.5) is 10.1 Å². The Labute approximate surface area is 136 Å². The number of amides is 1. The van der Waals surface area contributed by atoms with Gasteiger partial charge in [0.1, 0.15) is 17.4 Å². The first-order chi connectivity index (χ1) is 11.0. The molecule has 1 N–H and O–H groups in total.